The zero-order valence-corrected chi connectivity index (χ0v) is 14.5. The van der Waals surface area contributed by atoms with Crippen molar-refractivity contribution in [3.05, 3.63) is 60.6 Å². The molecule has 0 aliphatic rings. The van der Waals surface area contributed by atoms with E-state index in [9.17, 15) is 4.79 Å². The molecule has 0 spiro atoms. The molecule has 2 aromatic heterocycles. The van der Waals surface area contributed by atoms with Crippen LogP contribution in [0, 0.1) is 6.92 Å². The van der Waals surface area contributed by atoms with Crippen molar-refractivity contribution in [3.63, 3.8) is 0 Å². The summed E-state index contributed by atoms with van der Waals surface area (Å²) in [4.78, 5) is 16.4. The third kappa shape index (κ3) is 2.56. The van der Waals surface area contributed by atoms with Crippen LogP contribution in [0.4, 0.5) is 0 Å². The number of amides is 1. The van der Waals surface area contributed by atoms with E-state index in [0.29, 0.717) is 0 Å². The van der Waals surface area contributed by atoms with Gasteiger partial charge in [0.15, 0.2) is 5.58 Å². The number of hydrogen-bond acceptors (Lipinski definition) is 4. The number of benzene rings is 2. The molecule has 0 saturated heterocycles. The summed E-state index contributed by atoms with van der Waals surface area (Å²) in [7, 11) is 0. The number of fused-ring (bicyclic) bond motifs is 1. The predicted octanol–water partition coefficient (Wildman–Crippen LogP) is 3.71. The highest BCUT2D eigenvalue weighted by molar-refractivity contribution is 5.89. The standard InChI is InChI=1S/C20H18N4O2/c1-12-16-10-15(8-9-17(16)26-23-12)19-18(14-6-4-3-5-7-14)22-11-24(19)13(2)20(21)25/h3-11,13H,1-2H3,(H2,21,25)/t13-/m1/s1. The van der Waals surface area contributed by atoms with Crippen molar-refractivity contribution in [1.29, 1.82) is 0 Å². The minimum Gasteiger partial charge on any atom is -0.368 e. The number of hydrogen-bond donors (Lipinski definition) is 1. The topological polar surface area (TPSA) is 86.9 Å². The summed E-state index contributed by atoms with van der Waals surface area (Å²) >= 11 is 0. The molecule has 0 unspecified atom stereocenters. The first-order valence-electron chi connectivity index (χ1n) is 8.34. The fraction of sp³-hybridized carbons (Fsp3) is 0.150. The molecule has 1 amide bonds. The van der Waals surface area contributed by atoms with Crippen LogP contribution in [0.2, 0.25) is 0 Å². The van der Waals surface area contributed by atoms with Gasteiger partial charge in [-0.3, -0.25) is 4.79 Å². The van der Waals surface area contributed by atoms with E-state index in [4.69, 9.17) is 10.3 Å². The van der Waals surface area contributed by atoms with E-state index < -0.39 is 11.9 Å². The fourth-order valence-electron chi connectivity index (χ4n) is 3.09. The molecule has 0 aliphatic heterocycles. The molecule has 26 heavy (non-hydrogen) atoms. The number of nitrogens with zero attached hydrogens (tertiary/aromatic N) is 3. The van der Waals surface area contributed by atoms with E-state index in [0.717, 1.165) is 39.2 Å². The lowest BCUT2D eigenvalue weighted by atomic mass is 10.0. The first kappa shape index (κ1) is 16.1. The van der Waals surface area contributed by atoms with E-state index in [2.05, 4.69) is 10.1 Å². The maximum absolute atomic E-state index is 11.8. The lowest BCUT2D eigenvalue weighted by molar-refractivity contribution is -0.120. The summed E-state index contributed by atoms with van der Waals surface area (Å²) in [6.07, 6.45) is 1.66. The highest BCUT2D eigenvalue weighted by Crippen LogP contribution is 2.35. The number of aryl methyl sites for hydroxylation is 1. The molecule has 4 rings (SSSR count). The Kier molecular flexibility index (Phi) is 3.80. The first-order valence-corrected chi connectivity index (χ1v) is 8.34. The second-order valence-corrected chi connectivity index (χ2v) is 6.27. The van der Waals surface area contributed by atoms with Crippen LogP contribution < -0.4 is 5.73 Å². The highest BCUT2D eigenvalue weighted by Gasteiger charge is 2.21. The average Bonchev–Trinajstić information content (AvgIpc) is 3.25. The van der Waals surface area contributed by atoms with Gasteiger partial charge in [-0.05, 0) is 32.0 Å². The predicted molar refractivity (Wildman–Crippen MR) is 99.3 cm³/mol. The smallest absolute Gasteiger partial charge is 0.240 e. The molecule has 6 nitrogen and oxygen atoms in total. The summed E-state index contributed by atoms with van der Waals surface area (Å²) in [6, 6.07) is 15.2. The number of primary amides is 1. The summed E-state index contributed by atoms with van der Waals surface area (Å²) in [5.74, 6) is -0.412. The monoisotopic (exact) mass is 346 g/mol. The Morgan fingerprint density at radius 1 is 1.15 bits per heavy atom. The lowest BCUT2D eigenvalue weighted by Crippen LogP contribution is -2.24. The molecular weight excluding hydrogens is 328 g/mol. The van der Waals surface area contributed by atoms with E-state index in [1.165, 1.54) is 0 Å². The Labute approximate surface area is 150 Å². The van der Waals surface area contributed by atoms with Crippen molar-refractivity contribution in [3.8, 4) is 22.5 Å². The summed E-state index contributed by atoms with van der Waals surface area (Å²) in [6.45, 7) is 3.67. The number of nitrogens with two attached hydrogens (primary N) is 1. The van der Waals surface area contributed by atoms with Gasteiger partial charge in [-0.25, -0.2) is 4.98 Å². The number of carbonyl (C=O) groups excluding carboxylic acids is 1. The molecule has 0 saturated carbocycles. The van der Waals surface area contributed by atoms with Crippen LogP contribution in [-0.2, 0) is 4.79 Å². The van der Waals surface area contributed by atoms with E-state index in [-0.39, 0.29) is 0 Å². The molecule has 6 heteroatoms. The zero-order chi connectivity index (χ0) is 18.3. The third-order valence-electron chi connectivity index (χ3n) is 4.59. The molecule has 4 aromatic rings. The van der Waals surface area contributed by atoms with Crippen molar-refractivity contribution in [2.45, 2.75) is 19.9 Å². The van der Waals surface area contributed by atoms with Gasteiger partial charge >= 0.3 is 0 Å². The highest BCUT2D eigenvalue weighted by atomic mass is 16.5. The van der Waals surface area contributed by atoms with Crippen molar-refractivity contribution in [1.82, 2.24) is 14.7 Å². The number of imidazole rings is 1. The van der Waals surface area contributed by atoms with Crippen molar-refractivity contribution in [2.24, 2.45) is 5.73 Å². The molecule has 130 valence electrons. The van der Waals surface area contributed by atoms with Gasteiger partial charge in [0.2, 0.25) is 5.91 Å². The SMILES string of the molecule is Cc1noc2ccc(-c3c(-c4ccccc4)ncn3[C@H](C)C(N)=O)cc12. The normalized spacial score (nSPS) is 12.4. The van der Waals surface area contributed by atoms with Crippen LogP contribution in [0.15, 0.2) is 59.4 Å². The average molecular weight is 346 g/mol. The number of carbonyl (C=O) groups is 1. The Hall–Kier alpha value is -3.41. The van der Waals surface area contributed by atoms with Crippen LogP contribution in [0.5, 0.6) is 0 Å². The second-order valence-electron chi connectivity index (χ2n) is 6.27. The van der Waals surface area contributed by atoms with E-state index in [1.807, 2.05) is 60.0 Å². The summed E-state index contributed by atoms with van der Waals surface area (Å²) < 4.78 is 7.12. The second kappa shape index (κ2) is 6.15. The van der Waals surface area contributed by atoms with Crippen LogP contribution in [0.25, 0.3) is 33.5 Å². The molecule has 2 heterocycles. The van der Waals surface area contributed by atoms with Gasteiger partial charge in [-0.2, -0.15) is 0 Å². The molecule has 0 aliphatic carbocycles. The largest absolute Gasteiger partial charge is 0.368 e. The van der Waals surface area contributed by atoms with Gasteiger partial charge in [-0.1, -0.05) is 35.5 Å². The zero-order valence-electron chi connectivity index (χ0n) is 14.5. The van der Waals surface area contributed by atoms with Gasteiger partial charge < -0.3 is 14.8 Å². The van der Waals surface area contributed by atoms with Gasteiger partial charge in [0.25, 0.3) is 0 Å². The van der Waals surface area contributed by atoms with Crippen molar-refractivity contribution >= 4 is 16.9 Å². The summed E-state index contributed by atoms with van der Waals surface area (Å²) in [5.41, 5.74) is 10.6. The van der Waals surface area contributed by atoms with Crippen LogP contribution >= 0.6 is 0 Å². The van der Waals surface area contributed by atoms with Gasteiger partial charge in [0, 0.05) is 16.5 Å². The third-order valence-corrected chi connectivity index (χ3v) is 4.59. The van der Waals surface area contributed by atoms with Gasteiger partial charge in [0.05, 0.1) is 23.4 Å². The molecule has 0 radical (unpaired) electrons. The van der Waals surface area contributed by atoms with E-state index >= 15 is 0 Å². The lowest BCUT2D eigenvalue weighted by Gasteiger charge is -2.15. The Morgan fingerprint density at radius 3 is 2.65 bits per heavy atom. The molecule has 2 aromatic carbocycles. The Bertz CT molecular complexity index is 1100. The van der Waals surface area contributed by atoms with Crippen LogP contribution in [0.3, 0.4) is 0 Å². The first-order chi connectivity index (χ1) is 12.6. The van der Waals surface area contributed by atoms with E-state index in [1.54, 1.807) is 13.3 Å². The molecule has 0 fully saturated rings. The maximum Gasteiger partial charge on any atom is 0.240 e. The fourth-order valence-corrected chi connectivity index (χ4v) is 3.09. The summed E-state index contributed by atoms with van der Waals surface area (Å²) in [5, 5.41) is 4.94. The molecule has 2 N–H and O–H groups in total. The number of rotatable bonds is 4. The molecule has 0 bridgehead atoms. The minimum absolute atomic E-state index is 0.412. The van der Waals surface area contributed by atoms with Crippen molar-refractivity contribution in [2.75, 3.05) is 0 Å². The van der Waals surface area contributed by atoms with Crippen LogP contribution in [0.1, 0.15) is 18.7 Å². The number of aromatic nitrogens is 3. The quantitative estimate of drug-likeness (QED) is 0.610. The van der Waals surface area contributed by atoms with Gasteiger partial charge in [0.1, 0.15) is 6.04 Å². The molecular formula is C20H18N4O2. The minimum atomic E-state index is -0.519. The molecule has 1 atom stereocenters. The van der Waals surface area contributed by atoms with Crippen molar-refractivity contribution < 1.29 is 9.32 Å². The Morgan fingerprint density at radius 2 is 1.92 bits per heavy atom. The van der Waals surface area contributed by atoms with Gasteiger partial charge in [-0.15, -0.1) is 0 Å². The van der Waals surface area contributed by atoms with Crippen LogP contribution in [-0.4, -0.2) is 20.6 Å². The maximum atomic E-state index is 11.8. The Balaban J connectivity index is 1.98.